The highest BCUT2D eigenvalue weighted by atomic mass is 19.4. The molecule has 0 aromatic carbocycles. The van der Waals surface area contributed by atoms with Crippen LogP contribution in [0.1, 0.15) is 51.9 Å². The minimum absolute atomic E-state index is 0.0365. The molecule has 0 radical (unpaired) electrons. The predicted octanol–water partition coefficient (Wildman–Crippen LogP) is 3.00. The lowest BCUT2D eigenvalue weighted by Crippen LogP contribution is -2.53. The van der Waals surface area contributed by atoms with E-state index in [1.54, 1.807) is 0 Å². The van der Waals surface area contributed by atoms with Gasteiger partial charge in [-0.2, -0.15) is 13.2 Å². The fraction of sp³-hybridized carbons (Fsp3) is 0.933. The van der Waals surface area contributed by atoms with Gasteiger partial charge in [-0.15, -0.1) is 0 Å². The third kappa shape index (κ3) is 4.59. The molecule has 2 N–H and O–H groups in total. The number of halogens is 3. The van der Waals surface area contributed by atoms with Crippen LogP contribution in [0.25, 0.3) is 0 Å². The quantitative estimate of drug-likeness (QED) is 0.770. The molecule has 1 saturated carbocycles. The number of hydrogen-bond acceptors (Lipinski definition) is 2. The molecular weight excluding hydrogens is 281 g/mol. The molecule has 3 nitrogen and oxygen atoms in total. The van der Waals surface area contributed by atoms with Gasteiger partial charge in [0.05, 0.1) is 12.0 Å². The Balaban J connectivity index is 1.81. The Hall–Kier alpha value is -0.780. The second-order valence-electron chi connectivity index (χ2n) is 6.51. The van der Waals surface area contributed by atoms with Gasteiger partial charge in [-0.05, 0) is 31.6 Å². The van der Waals surface area contributed by atoms with E-state index >= 15 is 0 Å². The molecule has 1 aliphatic carbocycles. The van der Waals surface area contributed by atoms with Crippen molar-refractivity contribution in [2.45, 2.75) is 70.1 Å². The zero-order valence-electron chi connectivity index (χ0n) is 12.5. The van der Waals surface area contributed by atoms with Crippen molar-refractivity contribution in [3.8, 4) is 0 Å². The summed E-state index contributed by atoms with van der Waals surface area (Å²) in [6.45, 7) is 1.99. The van der Waals surface area contributed by atoms with Crippen molar-refractivity contribution in [2.75, 3.05) is 6.54 Å². The first-order valence-electron chi connectivity index (χ1n) is 7.98. The van der Waals surface area contributed by atoms with Gasteiger partial charge in [0.25, 0.3) is 0 Å². The number of hydrogen-bond donors (Lipinski definition) is 2. The van der Waals surface area contributed by atoms with Crippen LogP contribution in [0.4, 0.5) is 13.2 Å². The van der Waals surface area contributed by atoms with E-state index in [1.165, 1.54) is 12.8 Å². The Kier molecular flexibility index (Phi) is 5.52. The van der Waals surface area contributed by atoms with E-state index in [1.807, 2.05) is 0 Å². The van der Waals surface area contributed by atoms with Crippen molar-refractivity contribution < 1.29 is 18.0 Å². The molecule has 1 aliphatic heterocycles. The van der Waals surface area contributed by atoms with Crippen LogP contribution >= 0.6 is 0 Å². The van der Waals surface area contributed by atoms with Crippen LogP contribution in [0, 0.1) is 11.8 Å². The third-order valence-electron chi connectivity index (χ3n) is 4.88. The second-order valence-corrected chi connectivity index (χ2v) is 6.51. The summed E-state index contributed by atoms with van der Waals surface area (Å²) in [5.74, 6) is -1.00. The molecule has 122 valence electrons. The summed E-state index contributed by atoms with van der Waals surface area (Å²) in [6.07, 6.45) is 1.73. The van der Waals surface area contributed by atoms with E-state index in [2.05, 4.69) is 17.6 Å². The fourth-order valence-corrected chi connectivity index (χ4v) is 3.35. The molecule has 2 aliphatic rings. The summed E-state index contributed by atoms with van der Waals surface area (Å²) in [7, 11) is 0. The smallest absolute Gasteiger partial charge is 0.352 e. The van der Waals surface area contributed by atoms with Crippen molar-refractivity contribution in [1.82, 2.24) is 10.6 Å². The van der Waals surface area contributed by atoms with Gasteiger partial charge < -0.3 is 10.6 Å². The normalized spacial score (nSPS) is 35.0. The number of rotatable bonds is 2. The minimum atomic E-state index is -4.16. The van der Waals surface area contributed by atoms with Crippen LogP contribution in [-0.4, -0.2) is 30.7 Å². The monoisotopic (exact) mass is 306 g/mol. The van der Waals surface area contributed by atoms with Gasteiger partial charge in [0.1, 0.15) is 0 Å². The largest absolute Gasteiger partial charge is 0.393 e. The molecule has 2 fully saturated rings. The van der Waals surface area contributed by atoms with Crippen molar-refractivity contribution in [3.05, 3.63) is 0 Å². The molecule has 2 rings (SSSR count). The average molecular weight is 306 g/mol. The van der Waals surface area contributed by atoms with Crippen LogP contribution in [0.5, 0.6) is 0 Å². The molecule has 0 aromatic rings. The van der Waals surface area contributed by atoms with E-state index in [9.17, 15) is 18.0 Å². The summed E-state index contributed by atoms with van der Waals surface area (Å²) >= 11 is 0. The summed E-state index contributed by atoms with van der Waals surface area (Å²) in [4.78, 5) is 12.2. The summed E-state index contributed by atoms with van der Waals surface area (Å²) < 4.78 is 37.8. The molecule has 0 bridgehead atoms. The maximum Gasteiger partial charge on any atom is 0.393 e. The zero-order chi connectivity index (χ0) is 15.5. The summed E-state index contributed by atoms with van der Waals surface area (Å²) in [6, 6.07) is -0.304. The molecule has 4 unspecified atom stereocenters. The van der Waals surface area contributed by atoms with Crippen molar-refractivity contribution >= 4 is 5.91 Å². The number of nitrogens with one attached hydrogen (secondary N) is 2. The van der Waals surface area contributed by atoms with E-state index in [0.29, 0.717) is 5.92 Å². The van der Waals surface area contributed by atoms with Crippen LogP contribution in [0.15, 0.2) is 0 Å². The second kappa shape index (κ2) is 6.99. The number of carbonyl (C=O) groups is 1. The molecule has 1 saturated heterocycles. The van der Waals surface area contributed by atoms with Crippen LogP contribution in [0.3, 0.4) is 0 Å². The highest BCUT2D eigenvalue weighted by molar-refractivity contribution is 5.82. The molecule has 0 spiro atoms. The Morgan fingerprint density at radius 3 is 2.43 bits per heavy atom. The molecule has 6 heteroatoms. The molecule has 4 atom stereocenters. The Morgan fingerprint density at radius 1 is 1.10 bits per heavy atom. The SMILES string of the molecule is CC1CCCCCC1NC(=O)C1CCC(C(F)(F)F)CN1. The summed E-state index contributed by atoms with van der Waals surface area (Å²) in [5, 5.41) is 5.81. The highest BCUT2D eigenvalue weighted by Gasteiger charge is 2.42. The van der Waals surface area contributed by atoms with Crippen LogP contribution in [0.2, 0.25) is 0 Å². The first-order valence-corrected chi connectivity index (χ1v) is 7.98. The van der Waals surface area contributed by atoms with Gasteiger partial charge in [-0.25, -0.2) is 0 Å². The average Bonchev–Trinajstić information content (AvgIpc) is 2.63. The molecule has 0 aromatic heterocycles. The van der Waals surface area contributed by atoms with Gasteiger partial charge in [0.2, 0.25) is 5.91 Å². The van der Waals surface area contributed by atoms with Gasteiger partial charge in [0.15, 0.2) is 0 Å². The lowest BCUT2D eigenvalue weighted by Gasteiger charge is -2.32. The maximum atomic E-state index is 12.6. The molecule has 21 heavy (non-hydrogen) atoms. The lowest BCUT2D eigenvalue weighted by molar-refractivity contribution is -0.180. The molecular formula is C15H25F3N2O. The van der Waals surface area contributed by atoms with E-state index < -0.39 is 18.1 Å². The number of carbonyl (C=O) groups excluding carboxylic acids is 1. The van der Waals surface area contributed by atoms with Gasteiger partial charge in [0, 0.05) is 12.6 Å². The molecule has 1 amide bonds. The van der Waals surface area contributed by atoms with E-state index in [0.717, 1.165) is 19.3 Å². The van der Waals surface area contributed by atoms with Crippen LogP contribution < -0.4 is 10.6 Å². The first kappa shape index (κ1) is 16.6. The van der Waals surface area contributed by atoms with Crippen molar-refractivity contribution in [2.24, 2.45) is 11.8 Å². The lowest BCUT2D eigenvalue weighted by atomic mass is 9.92. The highest BCUT2D eigenvalue weighted by Crippen LogP contribution is 2.32. The summed E-state index contributed by atoms with van der Waals surface area (Å²) in [5.41, 5.74) is 0. The Morgan fingerprint density at radius 2 is 1.81 bits per heavy atom. The molecule has 1 heterocycles. The van der Waals surface area contributed by atoms with Gasteiger partial charge in [-0.1, -0.05) is 26.2 Å². The fourth-order valence-electron chi connectivity index (χ4n) is 3.35. The number of piperidine rings is 1. The van der Waals surface area contributed by atoms with Crippen molar-refractivity contribution in [1.29, 1.82) is 0 Å². The van der Waals surface area contributed by atoms with Gasteiger partial charge >= 0.3 is 6.18 Å². The van der Waals surface area contributed by atoms with E-state index in [-0.39, 0.29) is 31.3 Å². The number of alkyl halides is 3. The van der Waals surface area contributed by atoms with Crippen molar-refractivity contribution in [3.63, 3.8) is 0 Å². The minimum Gasteiger partial charge on any atom is -0.352 e. The van der Waals surface area contributed by atoms with Crippen LogP contribution in [-0.2, 0) is 4.79 Å². The topological polar surface area (TPSA) is 41.1 Å². The first-order chi connectivity index (χ1) is 9.88. The Bertz CT molecular complexity index is 351. The Labute approximate surface area is 124 Å². The number of amides is 1. The predicted molar refractivity (Wildman–Crippen MR) is 74.7 cm³/mol. The van der Waals surface area contributed by atoms with E-state index in [4.69, 9.17) is 0 Å². The standard InChI is InChI=1S/C15H25F3N2O/c1-10-5-3-2-4-6-12(10)20-14(21)13-8-7-11(9-19-13)15(16,17)18/h10-13,19H,2-9H2,1H3,(H,20,21). The zero-order valence-corrected chi connectivity index (χ0v) is 12.5. The third-order valence-corrected chi connectivity index (χ3v) is 4.88. The van der Waals surface area contributed by atoms with Gasteiger partial charge in [-0.3, -0.25) is 4.79 Å². The maximum absolute atomic E-state index is 12.6.